The van der Waals surface area contributed by atoms with Crippen LogP contribution in [-0.2, 0) is 5.60 Å². The highest BCUT2D eigenvalue weighted by Gasteiger charge is 2.39. The van der Waals surface area contributed by atoms with Gasteiger partial charge in [0.2, 0.25) is 0 Å². The zero-order valence-corrected chi connectivity index (χ0v) is 14.0. The molecule has 0 radical (unpaired) electrons. The van der Waals surface area contributed by atoms with Crippen molar-refractivity contribution >= 4 is 0 Å². The van der Waals surface area contributed by atoms with Crippen LogP contribution < -0.4 is 4.74 Å². The first kappa shape index (κ1) is 16.4. The van der Waals surface area contributed by atoms with Crippen molar-refractivity contribution in [3.63, 3.8) is 0 Å². The van der Waals surface area contributed by atoms with Gasteiger partial charge in [-0.05, 0) is 61.6 Å². The first-order chi connectivity index (χ1) is 9.91. The number of benzene rings is 1. The van der Waals surface area contributed by atoms with Gasteiger partial charge in [-0.25, -0.2) is 0 Å². The third-order valence-corrected chi connectivity index (χ3v) is 5.53. The van der Waals surface area contributed by atoms with E-state index in [1.165, 1.54) is 6.42 Å². The maximum atomic E-state index is 11.0. The first-order valence-corrected chi connectivity index (χ1v) is 8.37. The second-order valence-electron chi connectivity index (χ2n) is 7.11. The van der Waals surface area contributed by atoms with E-state index >= 15 is 0 Å². The van der Waals surface area contributed by atoms with E-state index in [1.807, 2.05) is 31.2 Å². The van der Waals surface area contributed by atoms with Crippen LogP contribution in [-0.4, -0.2) is 11.7 Å². The Labute approximate surface area is 129 Å². The molecular formula is C19H30O2. The van der Waals surface area contributed by atoms with Crippen molar-refractivity contribution in [3.05, 3.63) is 29.8 Å². The van der Waals surface area contributed by atoms with Crippen molar-refractivity contribution < 1.29 is 9.84 Å². The molecular weight excluding hydrogens is 260 g/mol. The Morgan fingerprint density at radius 1 is 1.14 bits per heavy atom. The van der Waals surface area contributed by atoms with E-state index in [0.717, 1.165) is 42.9 Å². The van der Waals surface area contributed by atoms with Gasteiger partial charge in [0.25, 0.3) is 0 Å². The zero-order valence-electron chi connectivity index (χ0n) is 14.0. The summed E-state index contributed by atoms with van der Waals surface area (Å²) in [6, 6.07) is 7.99. The van der Waals surface area contributed by atoms with Gasteiger partial charge in [0.05, 0.1) is 12.2 Å². The average Bonchev–Trinajstić information content (AvgIpc) is 2.49. The molecule has 1 aromatic rings. The summed E-state index contributed by atoms with van der Waals surface area (Å²) < 4.78 is 5.48. The fraction of sp³-hybridized carbons (Fsp3) is 0.684. The van der Waals surface area contributed by atoms with Gasteiger partial charge < -0.3 is 9.84 Å². The standard InChI is InChI=1S/C19H30O2/c1-5-18(3,4)15-11-13-19(20,14-12-15)16-7-9-17(10-8-16)21-6-2/h7-10,15,20H,5-6,11-14H2,1-4H3. The molecule has 2 heteroatoms. The highest BCUT2D eigenvalue weighted by molar-refractivity contribution is 5.31. The summed E-state index contributed by atoms with van der Waals surface area (Å²) in [6.07, 6.45) is 5.18. The molecule has 0 aliphatic heterocycles. The van der Waals surface area contributed by atoms with Crippen molar-refractivity contribution in [1.82, 2.24) is 0 Å². The van der Waals surface area contributed by atoms with Crippen molar-refractivity contribution in [3.8, 4) is 5.75 Å². The molecule has 0 amide bonds. The van der Waals surface area contributed by atoms with Gasteiger partial charge in [0.1, 0.15) is 5.75 Å². The number of ether oxygens (including phenoxy) is 1. The second kappa shape index (κ2) is 6.39. The van der Waals surface area contributed by atoms with E-state index in [4.69, 9.17) is 4.74 Å². The molecule has 0 atom stereocenters. The Hall–Kier alpha value is -1.02. The molecule has 2 rings (SSSR count). The van der Waals surface area contributed by atoms with Crippen molar-refractivity contribution in [2.45, 2.75) is 65.4 Å². The summed E-state index contributed by atoms with van der Waals surface area (Å²) in [5.74, 6) is 1.61. The van der Waals surface area contributed by atoms with E-state index in [-0.39, 0.29) is 0 Å². The smallest absolute Gasteiger partial charge is 0.119 e. The topological polar surface area (TPSA) is 29.5 Å². The van der Waals surface area contributed by atoms with Crippen LogP contribution in [0.1, 0.15) is 65.4 Å². The summed E-state index contributed by atoms with van der Waals surface area (Å²) in [6.45, 7) is 9.65. The van der Waals surface area contributed by atoms with Crippen LogP contribution in [0, 0.1) is 11.3 Å². The third-order valence-electron chi connectivity index (χ3n) is 5.53. The Morgan fingerprint density at radius 3 is 2.19 bits per heavy atom. The van der Waals surface area contributed by atoms with Crippen LogP contribution in [0.5, 0.6) is 5.75 Å². The predicted molar refractivity (Wildman–Crippen MR) is 87.5 cm³/mol. The summed E-state index contributed by atoms with van der Waals surface area (Å²) >= 11 is 0. The normalized spacial score (nSPS) is 26.6. The van der Waals surface area contributed by atoms with E-state index in [0.29, 0.717) is 12.0 Å². The molecule has 0 heterocycles. The summed E-state index contributed by atoms with van der Waals surface area (Å²) in [7, 11) is 0. The second-order valence-corrected chi connectivity index (χ2v) is 7.11. The maximum Gasteiger partial charge on any atom is 0.119 e. The Bertz CT molecular complexity index is 439. The lowest BCUT2D eigenvalue weighted by molar-refractivity contribution is -0.0328. The Kier molecular flexibility index (Phi) is 4.98. The lowest BCUT2D eigenvalue weighted by atomic mass is 9.65. The van der Waals surface area contributed by atoms with E-state index < -0.39 is 5.60 Å². The largest absolute Gasteiger partial charge is 0.494 e. The molecule has 1 saturated carbocycles. The van der Waals surface area contributed by atoms with Gasteiger partial charge in [0.15, 0.2) is 0 Å². The quantitative estimate of drug-likeness (QED) is 0.835. The molecule has 0 bridgehead atoms. The van der Waals surface area contributed by atoms with Gasteiger partial charge in [-0.3, -0.25) is 0 Å². The fourth-order valence-corrected chi connectivity index (χ4v) is 3.48. The molecule has 0 spiro atoms. The number of aliphatic hydroxyl groups is 1. The predicted octanol–water partition coefficient (Wildman–Crippen LogP) is 4.90. The van der Waals surface area contributed by atoms with E-state index in [9.17, 15) is 5.11 Å². The Morgan fingerprint density at radius 2 is 1.71 bits per heavy atom. The fourth-order valence-electron chi connectivity index (χ4n) is 3.48. The summed E-state index contributed by atoms with van der Waals surface area (Å²) in [4.78, 5) is 0. The molecule has 0 aromatic heterocycles. The summed E-state index contributed by atoms with van der Waals surface area (Å²) in [5.41, 5.74) is 0.782. The van der Waals surface area contributed by atoms with Gasteiger partial charge in [-0.1, -0.05) is 39.3 Å². The number of hydrogen-bond acceptors (Lipinski definition) is 2. The molecule has 118 valence electrons. The van der Waals surface area contributed by atoms with Gasteiger partial charge >= 0.3 is 0 Å². The van der Waals surface area contributed by atoms with Crippen LogP contribution in [0.4, 0.5) is 0 Å². The SMILES string of the molecule is CCOc1ccc(C2(O)CCC(C(C)(C)CC)CC2)cc1. The van der Waals surface area contributed by atoms with Crippen molar-refractivity contribution in [1.29, 1.82) is 0 Å². The molecule has 0 unspecified atom stereocenters. The van der Waals surface area contributed by atoms with Crippen LogP contribution in [0.3, 0.4) is 0 Å². The number of rotatable bonds is 5. The van der Waals surface area contributed by atoms with Gasteiger partial charge in [0, 0.05) is 0 Å². The molecule has 1 fully saturated rings. The van der Waals surface area contributed by atoms with E-state index in [1.54, 1.807) is 0 Å². The number of hydrogen-bond donors (Lipinski definition) is 1. The van der Waals surface area contributed by atoms with E-state index in [2.05, 4.69) is 20.8 Å². The van der Waals surface area contributed by atoms with Gasteiger partial charge in [-0.15, -0.1) is 0 Å². The molecule has 1 aromatic carbocycles. The lowest BCUT2D eigenvalue weighted by Gasteiger charge is -2.42. The third kappa shape index (κ3) is 3.60. The first-order valence-electron chi connectivity index (χ1n) is 8.37. The van der Waals surface area contributed by atoms with Crippen LogP contribution in [0.25, 0.3) is 0 Å². The summed E-state index contributed by atoms with van der Waals surface area (Å²) in [5, 5.41) is 11.0. The minimum Gasteiger partial charge on any atom is -0.494 e. The monoisotopic (exact) mass is 290 g/mol. The van der Waals surface area contributed by atoms with Gasteiger partial charge in [-0.2, -0.15) is 0 Å². The molecule has 21 heavy (non-hydrogen) atoms. The molecule has 1 N–H and O–H groups in total. The van der Waals surface area contributed by atoms with Crippen LogP contribution >= 0.6 is 0 Å². The minimum atomic E-state index is -0.648. The highest BCUT2D eigenvalue weighted by Crippen LogP contribution is 2.46. The van der Waals surface area contributed by atoms with Crippen LogP contribution in [0.15, 0.2) is 24.3 Å². The van der Waals surface area contributed by atoms with Crippen molar-refractivity contribution in [2.75, 3.05) is 6.61 Å². The highest BCUT2D eigenvalue weighted by atomic mass is 16.5. The molecule has 2 nitrogen and oxygen atoms in total. The maximum absolute atomic E-state index is 11.0. The minimum absolute atomic E-state index is 0.389. The van der Waals surface area contributed by atoms with Crippen molar-refractivity contribution in [2.24, 2.45) is 11.3 Å². The Balaban J connectivity index is 2.04. The molecule has 1 aliphatic rings. The molecule has 0 saturated heterocycles. The average molecular weight is 290 g/mol. The van der Waals surface area contributed by atoms with Crippen LogP contribution in [0.2, 0.25) is 0 Å². The lowest BCUT2D eigenvalue weighted by Crippen LogP contribution is -2.36. The zero-order chi connectivity index (χ0) is 15.5. The molecule has 1 aliphatic carbocycles.